The van der Waals surface area contributed by atoms with Gasteiger partial charge in [0, 0.05) is 29.4 Å². The molecule has 4 aliphatic carbocycles. The van der Waals surface area contributed by atoms with Crippen LogP contribution in [0.3, 0.4) is 0 Å². The van der Waals surface area contributed by atoms with E-state index in [4.69, 9.17) is 0 Å². The van der Waals surface area contributed by atoms with Crippen LogP contribution in [0, 0.1) is 32.3 Å². The first-order valence-electron chi connectivity index (χ1n) is 9.26. The topological polar surface area (TPSA) is 78.6 Å². The lowest BCUT2D eigenvalue weighted by molar-refractivity contribution is -0.385. The molecule has 0 aliphatic heterocycles. The van der Waals surface area contributed by atoms with Crippen molar-refractivity contribution in [2.24, 2.45) is 27.2 Å². The van der Waals surface area contributed by atoms with E-state index in [1.165, 1.54) is 50.7 Å². The Morgan fingerprint density at radius 1 is 1.23 bits per heavy atom. The Hall–Kier alpha value is -1.43. The van der Waals surface area contributed by atoms with Crippen molar-refractivity contribution < 1.29 is 10.0 Å². The van der Waals surface area contributed by atoms with Gasteiger partial charge in [0.2, 0.25) is 0 Å². The number of nitrogens with zero attached hydrogens (tertiary/aromatic N) is 2. The minimum Gasteiger partial charge on any atom is -0.871 e. The van der Waals surface area contributed by atoms with Crippen molar-refractivity contribution in [3.05, 3.63) is 32.3 Å². The minimum absolute atomic E-state index is 0.0900. The first kappa shape index (κ1) is 18.0. The highest BCUT2D eigenvalue weighted by molar-refractivity contribution is 9.10. The molecule has 5 rings (SSSR count). The summed E-state index contributed by atoms with van der Waals surface area (Å²) in [5.41, 5.74) is 1.30. The fraction of sp³-hybridized carbons (Fsp3) is 0.650. The maximum atomic E-state index is 12.2. The van der Waals surface area contributed by atoms with Gasteiger partial charge >= 0.3 is 0 Å². The molecular formula is C20H24BrN2O3-. The van der Waals surface area contributed by atoms with Gasteiger partial charge < -0.3 is 5.11 Å². The van der Waals surface area contributed by atoms with Crippen molar-refractivity contribution in [2.45, 2.75) is 52.4 Å². The standard InChI is InChI=1S/C20H25BrN2O3/c1-18-5-13-6-19(2,9-18)11-20(7-13,10-18)12-22-8-14-3-15(23(25)26)4-16(21)17(14)24/h3-4,8,13,24H,5-7,9-12H2,1-2H3/p-1/t13?,18-,19+,20?. The Morgan fingerprint density at radius 2 is 1.88 bits per heavy atom. The summed E-state index contributed by atoms with van der Waals surface area (Å²) < 4.78 is 0.211. The van der Waals surface area contributed by atoms with Crippen LogP contribution in [0.25, 0.3) is 0 Å². The number of hydrogen-bond donors (Lipinski definition) is 0. The summed E-state index contributed by atoms with van der Waals surface area (Å²) in [7, 11) is 0. The van der Waals surface area contributed by atoms with E-state index in [0.717, 1.165) is 5.92 Å². The summed E-state index contributed by atoms with van der Waals surface area (Å²) in [5, 5.41) is 23.3. The Labute approximate surface area is 162 Å². The number of aliphatic imine (C=N–C) groups is 1. The maximum absolute atomic E-state index is 12.2. The van der Waals surface area contributed by atoms with Crippen LogP contribution in [0.4, 0.5) is 5.69 Å². The molecule has 4 atom stereocenters. The lowest BCUT2D eigenvalue weighted by Crippen LogP contribution is -2.55. The van der Waals surface area contributed by atoms with Crippen molar-refractivity contribution in [2.75, 3.05) is 6.54 Å². The molecule has 6 heteroatoms. The lowest BCUT2D eigenvalue weighted by atomic mass is 9.40. The molecule has 5 nitrogen and oxygen atoms in total. The Bertz CT molecular complexity index is 788. The van der Waals surface area contributed by atoms with E-state index in [1.807, 2.05) is 0 Å². The van der Waals surface area contributed by atoms with Crippen molar-refractivity contribution in [3.63, 3.8) is 0 Å². The summed E-state index contributed by atoms with van der Waals surface area (Å²) in [6, 6.07) is 2.57. The second kappa shape index (κ2) is 5.78. The van der Waals surface area contributed by atoms with Crippen LogP contribution in [0.5, 0.6) is 5.75 Å². The molecule has 4 aliphatic rings. The van der Waals surface area contributed by atoms with Gasteiger partial charge in [0.1, 0.15) is 0 Å². The summed E-state index contributed by atoms with van der Waals surface area (Å²) in [6.07, 6.45) is 9.22. The fourth-order valence-electron chi connectivity index (χ4n) is 7.00. The highest BCUT2D eigenvalue weighted by Gasteiger charge is 2.59. The van der Waals surface area contributed by atoms with Crippen molar-refractivity contribution in [3.8, 4) is 5.75 Å². The minimum atomic E-state index is -0.484. The van der Waals surface area contributed by atoms with E-state index < -0.39 is 4.92 Å². The lowest BCUT2D eigenvalue weighted by Gasteiger charge is -2.65. The third kappa shape index (κ3) is 3.06. The molecule has 1 aromatic carbocycles. The molecule has 0 heterocycles. The molecule has 0 radical (unpaired) electrons. The van der Waals surface area contributed by atoms with Gasteiger partial charge in [-0.3, -0.25) is 15.1 Å². The first-order chi connectivity index (χ1) is 12.1. The van der Waals surface area contributed by atoms with Gasteiger partial charge in [-0.1, -0.05) is 35.5 Å². The van der Waals surface area contributed by atoms with Crippen LogP contribution in [0.1, 0.15) is 57.9 Å². The third-order valence-corrected chi connectivity index (χ3v) is 7.26. The maximum Gasteiger partial charge on any atom is 0.271 e. The van der Waals surface area contributed by atoms with E-state index in [9.17, 15) is 15.2 Å². The van der Waals surface area contributed by atoms with Gasteiger partial charge in [-0.2, -0.15) is 0 Å². The van der Waals surface area contributed by atoms with Gasteiger partial charge in [0.15, 0.2) is 0 Å². The highest BCUT2D eigenvalue weighted by atomic mass is 79.9. The van der Waals surface area contributed by atoms with Gasteiger partial charge in [0.25, 0.3) is 5.69 Å². The van der Waals surface area contributed by atoms with Crippen LogP contribution in [-0.4, -0.2) is 17.7 Å². The Morgan fingerprint density at radius 3 is 2.46 bits per heavy atom. The molecule has 4 bridgehead atoms. The van der Waals surface area contributed by atoms with Crippen molar-refractivity contribution in [1.29, 1.82) is 0 Å². The molecule has 4 fully saturated rings. The van der Waals surface area contributed by atoms with Crippen molar-refractivity contribution >= 4 is 27.8 Å². The third-order valence-electron chi connectivity index (χ3n) is 6.67. The molecule has 26 heavy (non-hydrogen) atoms. The SMILES string of the molecule is C[C@]12CC3CC(CN=Cc4cc([N+](=O)[O-])cc(Br)c4[O-])(C1)C[C@@](C)(C3)C2. The van der Waals surface area contributed by atoms with E-state index in [2.05, 4.69) is 34.8 Å². The molecule has 0 N–H and O–H groups in total. The van der Waals surface area contributed by atoms with Crippen LogP contribution >= 0.6 is 15.9 Å². The van der Waals surface area contributed by atoms with Crippen LogP contribution in [0.15, 0.2) is 21.6 Å². The number of halogens is 1. The zero-order chi connectivity index (χ0) is 18.7. The molecule has 0 amide bonds. The van der Waals surface area contributed by atoms with Gasteiger partial charge in [-0.15, -0.1) is 0 Å². The zero-order valence-corrected chi connectivity index (χ0v) is 16.8. The quantitative estimate of drug-likeness (QED) is 0.397. The van der Waals surface area contributed by atoms with Gasteiger partial charge in [-0.05, 0) is 66.3 Å². The summed E-state index contributed by atoms with van der Waals surface area (Å²) in [4.78, 5) is 15.2. The molecule has 0 saturated heterocycles. The van der Waals surface area contributed by atoms with Crippen molar-refractivity contribution in [1.82, 2.24) is 0 Å². The largest absolute Gasteiger partial charge is 0.871 e. The normalized spacial score (nSPS) is 38.2. The van der Waals surface area contributed by atoms with E-state index in [-0.39, 0.29) is 26.9 Å². The molecule has 0 aromatic heterocycles. The Kier molecular flexibility index (Phi) is 3.99. The number of nitro groups is 1. The molecular weight excluding hydrogens is 396 g/mol. The zero-order valence-electron chi connectivity index (χ0n) is 15.3. The monoisotopic (exact) mass is 419 g/mol. The van der Waals surface area contributed by atoms with E-state index in [1.54, 1.807) is 6.21 Å². The summed E-state index contributed by atoms with van der Waals surface area (Å²) >= 11 is 3.12. The van der Waals surface area contributed by atoms with E-state index in [0.29, 0.717) is 17.4 Å². The highest BCUT2D eigenvalue weighted by Crippen LogP contribution is 2.69. The number of nitro benzene ring substituents is 1. The first-order valence-corrected chi connectivity index (χ1v) is 10.1. The van der Waals surface area contributed by atoms with E-state index >= 15 is 0 Å². The average molecular weight is 420 g/mol. The predicted molar refractivity (Wildman–Crippen MR) is 103 cm³/mol. The fourth-order valence-corrected chi connectivity index (χ4v) is 7.46. The van der Waals surface area contributed by atoms with Crippen LogP contribution in [0.2, 0.25) is 0 Å². The van der Waals surface area contributed by atoms with Gasteiger partial charge in [-0.25, -0.2) is 0 Å². The van der Waals surface area contributed by atoms with Crippen LogP contribution < -0.4 is 5.11 Å². The smallest absolute Gasteiger partial charge is 0.271 e. The molecule has 1 aromatic rings. The second-order valence-corrected chi connectivity index (χ2v) is 10.6. The number of benzene rings is 1. The molecule has 2 unspecified atom stereocenters. The number of hydrogen-bond acceptors (Lipinski definition) is 4. The summed E-state index contributed by atoms with van der Waals surface area (Å²) in [5.74, 6) is 0.558. The molecule has 140 valence electrons. The number of rotatable bonds is 4. The van der Waals surface area contributed by atoms with Crippen LogP contribution in [-0.2, 0) is 0 Å². The Balaban J connectivity index is 1.57. The van der Waals surface area contributed by atoms with Gasteiger partial charge in [0.05, 0.1) is 4.92 Å². The number of non-ortho nitro benzene ring substituents is 1. The average Bonchev–Trinajstić information content (AvgIpc) is 2.47. The predicted octanol–water partition coefficient (Wildman–Crippen LogP) is 4.85. The molecule has 0 spiro atoms. The summed E-state index contributed by atoms with van der Waals surface area (Å²) in [6.45, 7) is 5.58. The molecule has 4 saturated carbocycles. The second-order valence-electron chi connectivity index (χ2n) is 9.70.